The van der Waals surface area contributed by atoms with Crippen molar-refractivity contribution in [2.24, 2.45) is 0 Å². The van der Waals surface area contributed by atoms with Crippen LogP contribution < -0.4 is 4.74 Å². The van der Waals surface area contributed by atoms with Crippen molar-refractivity contribution in [3.8, 4) is 5.75 Å². The third-order valence-electron chi connectivity index (χ3n) is 4.80. The van der Waals surface area contributed by atoms with Gasteiger partial charge in [0.1, 0.15) is 5.75 Å². The standard InChI is InChI=1S/C20H22BrF3N2O/c1-27-19-7-6-15(12-18(19)21)13-25-8-10-26(11-9-25)14-16-4-2-3-5-17(16)20(22,23)24/h2-7,12H,8-11,13-14H2,1H3. The second-order valence-corrected chi connectivity index (χ2v) is 7.53. The van der Waals surface area contributed by atoms with Crippen LogP contribution in [0.2, 0.25) is 0 Å². The Hall–Kier alpha value is -1.57. The van der Waals surface area contributed by atoms with Crippen LogP contribution in [0.25, 0.3) is 0 Å². The van der Waals surface area contributed by atoms with Gasteiger partial charge >= 0.3 is 6.18 Å². The summed E-state index contributed by atoms with van der Waals surface area (Å²) in [6, 6.07) is 11.9. The van der Waals surface area contributed by atoms with E-state index in [2.05, 4.69) is 25.7 Å². The van der Waals surface area contributed by atoms with E-state index < -0.39 is 11.7 Å². The first-order valence-corrected chi connectivity index (χ1v) is 9.58. The summed E-state index contributed by atoms with van der Waals surface area (Å²) in [6.07, 6.45) is -4.31. The number of rotatable bonds is 5. The second-order valence-electron chi connectivity index (χ2n) is 6.68. The third-order valence-corrected chi connectivity index (χ3v) is 5.42. The van der Waals surface area contributed by atoms with Crippen LogP contribution in [0.4, 0.5) is 13.2 Å². The molecule has 1 fully saturated rings. The summed E-state index contributed by atoms with van der Waals surface area (Å²) in [7, 11) is 1.63. The number of benzene rings is 2. The molecule has 1 aliphatic rings. The van der Waals surface area contributed by atoms with E-state index in [4.69, 9.17) is 4.74 Å². The van der Waals surface area contributed by atoms with Gasteiger partial charge in [-0.25, -0.2) is 0 Å². The van der Waals surface area contributed by atoms with Crippen LogP contribution in [0.5, 0.6) is 5.75 Å². The monoisotopic (exact) mass is 442 g/mol. The zero-order valence-corrected chi connectivity index (χ0v) is 16.7. The zero-order chi connectivity index (χ0) is 19.4. The van der Waals surface area contributed by atoms with E-state index in [9.17, 15) is 13.2 Å². The minimum absolute atomic E-state index is 0.331. The number of hydrogen-bond donors (Lipinski definition) is 0. The first kappa shape index (κ1) is 20.2. The summed E-state index contributed by atoms with van der Waals surface area (Å²) < 4.78 is 45.6. The highest BCUT2D eigenvalue weighted by atomic mass is 79.9. The van der Waals surface area contributed by atoms with E-state index >= 15 is 0 Å². The molecule has 1 heterocycles. The molecule has 0 N–H and O–H groups in total. The largest absolute Gasteiger partial charge is 0.496 e. The van der Waals surface area contributed by atoms with Gasteiger partial charge in [-0.3, -0.25) is 9.80 Å². The molecule has 3 rings (SSSR count). The van der Waals surface area contributed by atoms with Crippen molar-refractivity contribution in [3.63, 3.8) is 0 Å². The number of halogens is 4. The van der Waals surface area contributed by atoms with Gasteiger partial charge in [-0.2, -0.15) is 13.2 Å². The normalized spacial score (nSPS) is 16.5. The van der Waals surface area contributed by atoms with Crippen molar-refractivity contribution >= 4 is 15.9 Å². The van der Waals surface area contributed by atoms with E-state index in [0.717, 1.165) is 49.0 Å². The van der Waals surface area contributed by atoms with E-state index in [-0.39, 0.29) is 0 Å². The molecular formula is C20H22BrF3N2O. The van der Waals surface area contributed by atoms with Crippen molar-refractivity contribution in [3.05, 3.63) is 63.6 Å². The topological polar surface area (TPSA) is 15.7 Å². The molecule has 0 spiro atoms. The van der Waals surface area contributed by atoms with Gasteiger partial charge in [0.05, 0.1) is 17.1 Å². The fourth-order valence-corrected chi connectivity index (χ4v) is 3.94. The molecule has 2 aromatic carbocycles. The Morgan fingerprint density at radius 1 is 0.963 bits per heavy atom. The highest BCUT2D eigenvalue weighted by Crippen LogP contribution is 2.32. The number of alkyl halides is 3. The smallest absolute Gasteiger partial charge is 0.416 e. The maximum absolute atomic E-state index is 13.2. The highest BCUT2D eigenvalue weighted by molar-refractivity contribution is 9.10. The van der Waals surface area contributed by atoms with Gasteiger partial charge in [0, 0.05) is 39.3 Å². The lowest BCUT2D eigenvalue weighted by atomic mass is 10.1. The van der Waals surface area contributed by atoms with Gasteiger partial charge < -0.3 is 4.74 Å². The molecule has 7 heteroatoms. The molecule has 1 aliphatic heterocycles. The number of hydrogen-bond acceptors (Lipinski definition) is 3. The summed E-state index contributed by atoms with van der Waals surface area (Å²) in [5.41, 5.74) is 0.992. The number of piperazine rings is 1. The third kappa shape index (κ3) is 5.24. The van der Waals surface area contributed by atoms with E-state index in [1.807, 2.05) is 18.2 Å². The first-order valence-electron chi connectivity index (χ1n) is 8.79. The maximum atomic E-state index is 13.2. The molecule has 27 heavy (non-hydrogen) atoms. The number of methoxy groups -OCH3 is 1. The second kappa shape index (κ2) is 8.63. The summed E-state index contributed by atoms with van der Waals surface area (Å²) in [5.74, 6) is 0.798. The molecular weight excluding hydrogens is 421 g/mol. The van der Waals surface area contributed by atoms with Gasteiger partial charge in [-0.15, -0.1) is 0 Å². The number of ether oxygens (including phenoxy) is 1. The molecule has 146 valence electrons. The van der Waals surface area contributed by atoms with Crippen LogP contribution in [-0.2, 0) is 19.3 Å². The molecule has 0 radical (unpaired) electrons. The molecule has 0 amide bonds. The highest BCUT2D eigenvalue weighted by Gasteiger charge is 2.33. The first-order chi connectivity index (χ1) is 12.9. The Balaban J connectivity index is 1.56. The SMILES string of the molecule is COc1ccc(CN2CCN(Cc3ccccc3C(F)(F)F)CC2)cc1Br. The van der Waals surface area contributed by atoms with Crippen LogP contribution in [0, 0.1) is 0 Å². The molecule has 3 nitrogen and oxygen atoms in total. The lowest BCUT2D eigenvalue weighted by Gasteiger charge is -2.35. The van der Waals surface area contributed by atoms with Crippen molar-refractivity contribution in [1.29, 1.82) is 0 Å². The summed E-state index contributed by atoms with van der Waals surface area (Å²) in [4.78, 5) is 4.41. The van der Waals surface area contributed by atoms with Crippen LogP contribution in [0.3, 0.4) is 0 Å². The average molecular weight is 443 g/mol. The van der Waals surface area contributed by atoms with Crippen LogP contribution >= 0.6 is 15.9 Å². The molecule has 0 bridgehead atoms. The van der Waals surface area contributed by atoms with Gasteiger partial charge in [0.15, 0.2) is 0 Å². The van der Waals surface area contributed by atoms with Crippen molar-refractivity contribution in [2.45, 2.75) is 19.3 Å². The summed E-state index contributed by atoms with van der Waals surface area (Å²) in [6.45, 7) is 4.32. The Labute approximate surface area is 165 Å². The minimum atomic E-state index is -4.31. The summed E-state index contributed by atoms with van der Waals surface area (Å²) >= 11 is 3.50. The zero-order valence-electron chi connectivity index (χ0n) is 15.1. The molecule has 2 aromatic rings. The fourth-order valence-electron chi connectivity index (χ4n) is 3.35. The maximum Gasteiger partial charge on any atom is 0.416 e. The molecule has 0 atom stereocenters. The fraction of sp³-hybridized carbons (Fsp3) is 0.400. The predicted molar refractivity (Wildman–Crippen MR) is 103 cm³/mol. The van der Waals surface area contributed by atoms with Crippen molar-refractivity contribution in [2.75, 3.05) is 33.3 Å². The van der Waals surface area contributed by atoms with E-state index in [0.29, 0.717) is 12.1 Å². The van der Waals surface area contributed by atoms with Gasteiger partial charge in [0.2, 0.25) is 0 Å². The minimum Gasteiger partial charge on any atom is -0.496 e. The Kier molecular flexibility index (Phi) is 6.44. The lowest BCUT2D eigenvalue weighted by Crippen LogP contribution is -2.45. The average Bonchev–Trinajstić information content (AvgIpc) is 2.63. The molecule has 0 aromatic heterocycles. The molecule has 1 saturated heterocycles. The van der Waals surface area contributed by atoms with Crippen LogP contribution in [-0.4, -0.2) is 43.1 Å². The van der Waals surface area contributed by atoms with E-state index in [1.165, 1.54) is 11.6 Å². The van der Waals surface area contributed by atoms with Gasteiger partial charge in [-0.1, -0.05) is 24.3 Å². The molecule has 0 unspecified atom stereocenters. The Morgan fingerprint density at radius 3 is 2.19 bits per heavy atom. The van der Waals surface area contributed by atoms with E-state index in [1.54, 1.807) is 19.2 Å². The quantitative estimate of drug-likeness (QED) is 0.661. The van der Waals surface area contributed by atoms with Crippen molar-refractivity contribution in [1.82, 2.24) is 9.80 Å². The number of nitrogens with zero attached hydrogens (tertiary/aromatic N) is 2. The van der Waals surface area contributed by atoms with Gasteiger partial charge in [-0.05, 0) is 45.3 Å². The Bertz CT molecular complexity index is 774. The lowest BCUT2D eigenvalue weighted by molar-refractivity contribution is -0.138. The predicted octanol–water partition coefficient (Wildman–Crippen LogP) is 4.79. The molecule has 0 saturated carbocycles. The van der Waals surface area contributed by atoms with Crippen molar-refractivity contribution < 1.29 is 17.9 Å². The van der Waals surface area contributed by atoms with Gasteiger partial charge in [0.25, 0.3) is 0 Å². The Morgan fingerprint density at radius 2 is 1.59 bits per heavy atom. The summed E-state index contributed by atoms with van der Waals surface area (Å²) in [5, 5.41) is 0. The van der Waals surface area contributed by atoms with Crippen LogP contribution in [0.1, 0.15) is 16.7 Å². The van der Waals surface area contributed by atoms with Crippen LogP contribution in [0.15, 0.2) is 46.9 Å². The molecule has 0 aliphatic carbocycles.